The van der Waals surface area contributed by atoms with Crippen molar-refractivity contribution in [2.75, 3.05) is 13.7 Å². The number of ether oxygens (including phenoxy) is 3. The molecular formula is C33H30Cl2N2O5S. The zero-order chi connectivity index (χ0) is 30.7. The topological polar surface area (TPSA) is 79.1 Å². The van der Waals surface area contributed by atoms with E-state index in [1.54, 1.807) is 50.4 Å². The molecule has 0 bridgehead atoms. The molecule has 1 aliphatic rings. The molecule has 222 valence electrons. The molecular weight excluding hydrogens is 607 g/mol. The van der Waals surface area contributed by atoms with Crippen LogP contribution in [0.4, 0.5) is 0 Å². The standard InChI is InChI=1S/C33H30Cl2N2O5S/c1-19(2)17-42-32(39)29-20(3)36-33-37(31(38)28(43-33)15-22-10-12-24(34)25(35)14-22)30(29)23-11-13-26(27(16-23)40-4)41-18-21-8-6-5-7-9-21/h5-16,19,30H,17-18H2,1-4H3/b28-15-. The molecule has 0 saturated heterocycles. The number of halogens is 2. The number of benzene rings is 3. The molecule has 0 fully saturated rings. The number of hydrogen-bond acceptors (Lipinski definition) is 7. The van der Waals surface area contributed by atoms with Crippen LogP contribution in [0.1, 0.15) is 43.5 Å². The largest absolute Gasteiger partial charge is 0.493 e. The number of fused-ring (bicyclic) bond motifs is 1. The number of hydrogen-bond donors (Lipinski definition) is 0. The van der Waals surface area contributed by atoms with Gasteiger partial charge in [-0.1, -0.05) is 90.9 Å². The van der Waals surface area contributed by atoms with E-state index >= 15 is 0 Å². The average molecular weight is 638 g/mol. The molecule has 7 nitrogen and oxygen atoms in total. The number of methoxy groups -OCH3 is 1. The number of thiazole rings is 1. The third kappa shape index (κ3) is 6.72. The van der Waals surface area contributed by atoms with Gasteiger partial charge in [-0.3, -0.25) is 9.36 Å². The van der Waals surface area contributed by atoms with Crippen LogP contribution in [-0.2, 0) is 16.1 Å². The van der Waals surface area contributed by atoms with Gasteiger partial charge in [0.2, 0.25) is 0 Å². The highest BCUT2D eigenvalue weighted by atomic mass is 35.5. The van der Waals surface area contributed by atoms with E-state index in [1.807, 2.05) is 50.2 Å². The Morgan fingerprint density at radius 2 is 1.81 bits per heavy atom. The summed E-state index contributed by atoms with van der Waals surface area (Å²) in [5, 5.41) is 0.805. The van der Waals surface area contributed by atoms with Crippen LogP contribution in [0.3, 0.4) is 0 Å². The molecule has 43 heavy (non-hydrogen) atoms. The Bertz CT molecular complexity index is 1880. The number of carbonyl (C=O) groups is 1. The Hall–Kier alpha value is -3.85. The summed E-state index contributed by atoms with van der Waals surface area (Å²) < 4.78 is 19.4. The van der Waals surface area contributed by atoms with Crippen LogP contribution in [0.5, 0.6) is 11.5 Å². The Kier molecular flexibility index (Phi) is 9.40. The first kappa shape index (κ1) is 30.6. The molecule has 1 aliphatic heterocycles. The van der Waals surface area contributed by atoms with Gasteiger partial charge in [-0.25, -0.2) is 9.79 Å². The van der Waals surface area contributed by atoms with Crippen LogP contribution in [0.2, 0.25) is 10.0 Å². The van der Waals surface area contributed by atoms with Crippen LogP contribution in [0, 0.1) is 5.92 Å². The lowest BCUT2D eigenvalue weighted by molar-refractivity contribution is -0.140. The van der Waals surface area contributed by atoms with Crippen molar-refractivity contribution in [1.82, 2.24) is 4.57 Å². The zero-order valence-electron chi connectivity index (χ0n) is 24.1. The maximum atomic E-state index is 14.0. The van der Waals surface area contributed by atoms with Gasteiger partial charge in [0.1, 0.15) is 6.61 Å². The van der Waals surface area contributed by atoms with Gasteiger partial charge in [0.05, 0.1) is 45.6 Å². The van der Waals surface area contributed by atoms with Gasteiger partial charge >= 0.3 is 5.97 Å². The SMILES string of the molecule is COc1cc(C2C(C(=O)OCC(C)C)=C(C)N=c3s/c(=C\c4ccc(Cl)c(Cl)c4)c(=O)n32)ccc1OCc1ccccc1. The number of carbonyl (C=O) groups excluding carboxylic acids is 1. The van der Waals surface area contributed by atoms with Gasteiger partial charge in [-0.2, -0.15) is 0 Å². The Morgan fingerprint density at radius 1 is 1.05 bits per heavy atom. The molecule has 4 aromatic rings. The summed E-state index contributed by atoms with van der Waals surface area (Å²) in [6.07, 6.45) is 1.74. The minimum absolute atomic E-state index is 0.136. The van der Waals surface area contributed by atoms with E-state index in [-0.39, 0.29) is 23.7 Å². The van der Waals surface area contributed by atoms with E-state index in [1.165, 1.54) is 15.9 Å². The second-order valence-corrected chi connectivity index (χ2v) is 12.3. The molecule has 1 atom stereocenters. The smallest absolute Gasteiger partial charge is 0.338 e. The number of allylic oxidation sites excluding steroid dienone is 1. The highest BCUT2D eigenvalue weighted by molar-refractivity contribution is 7.07. The number of esters is 1. The second kappa shape index (κ2) is 13.2. The normalized spacial score (nSPS) is 14.9. The minimum Gasteiger partial charge on any atom is -0.493 e. The summed E-state index contributed by atoms with van der Waals surface area (Å²) >= 11 is 13.5. The van der Waals surface area contributed by atoms with Crippen LogP contribution in [-0.4, -0.2) is 24.3 Å². The van der Waals surface area contributed by atoms with Crippen molar-refractivity contribution in [2.45, 2.75) is 33.4 Å². The van der Waals surface area contributed by atoms with Crippen LogP contribution < -0.4 is 24.4 Å². The molecule has 1 unspecified atom stereocenters. The van der Waals surface area contributed by atoms with Crippen molar-refractivity contribution in [3.63, 3.8) is 0 Å². The van der Waals surface area contributed by atoms with Crippen LogP contribution in [0.25, 0.3) is 6.08 Å². The lowest BCUT2D eigenvalue weighted by atomic mass is 9.95. The highest BCUT2D eigenvalue weighted by Gasteiger charge is 2.34. The van der Waals surface area contributed by atoms with E-state index in [9.17, 15) is 9.59 Å². The van der Waals surface area contributed by atoms with Crippen LogP contribution >= 0.6 is 34.5 Å². The van der Waals surface area contributed by atoms with Crippen molar-refractivity contribution in [1.29, 1.82) is 0 Å². The Morgan fingerprint density at radius 3 is 2.51 bits per heavy atom. The number of aromatic nitrogens is 1. The van der Waals surface area contributed by atoms with Gasteiger partial charge < -0.3 is 14.2 Å². The van der Waals surface area contributed by atoms with Crippen molar-refractivity contribution in [2.24, 2.45) is 10.9 Å². The van der Waals surface area contributed by atoms with E-state index in [0.29, 0.717) is 54.3 Å². The first-order valence-corrected chi connectivity index (χ1v) is 15.2. The average Bonchev–Trinajstić information content (AvgIpc) is 3.30. The molecule has 0 spiro atoms. The third-order valence-electron chi connectivity index (χ3n) is 6.77. The molecule has 0 saturated carbocycles. The first-order chi connectivity index (χ1) is 20.7. The third-order valence-corrected chi connectivity index (χ3v) is 8.49. The molecule has 10 heteroatoms. The fourth-order valence-corrected chi connectivity index (χ4v) is 6.03. The monoisotopic (exact) mass is 636 g/mol. The molecule has 0 N–H and O–H groups in total. The molecule has 0 aliphatic carbocycles. The van der Waals surface area contributed by atoms with Crippen molar-refractivity contribution in [3.05, 3.63) is 124 Å². The lowest BCUT2D eigenvalue weighted by Crippen LogP contribution is -2.40. The van der Waals surface area contributed by atoms with Crippen molar-refractivity contribution in [3.8, 4) is 11.5 Å². The highest BCUT2D eigenvalue weighted by Crippen LogP contribution is 2.36. The zero-order valence-corrected chi connectivity index (χ0v) is 26.4. The summed E-state index contributed by atoms with van der Waals surface area (Å²) in [5.74, 6) is 0.613. The summed E-state index contributed by atoms with van der Waals surface area (Å²) in [6, 6.07) is 19.6. The van der Waals surface area contributed by atoms with Gasteiger partial charge in [0.15, 0.2) is 16.3 Å². The van der Waals surface area contributed by atoms with E-state index in [2.05, 4.69) is 4.99 Å². The Balaban J connectivity index is 1.61. The molecule has 1 aromatic heterocycles. The van der Waals surface area contributed by atoms with E-state index in [0.717, 1.165) is 5.56 Å². The molecule has 2 heterocycles. The number of nitrogens with zero attached hydrogens (tertiary/aromatic N) is 2. The minimum atomic E-state index is -0.802. The molecule has 3 aromatic carbocycles. The fourth-order valence-electron chi connectivity index (χ4n) is 4.68. The van der Waals surface area contributed by atoms with Crippen molar-refractivity contribution >= 4 is 46.6 Å². The maximum absolute atomic E-state index is 14.0. The quantitative estimate of drug-likeness (QED) is 0.201. The molecule has 0 amide bonds. The fraction of sp³-hybridized carbons (Fsp3) is 0.242. The molecule has 5 rings (SSSR count). The Labute approximate surface area is 263 Å². The second-order valence-electron chi connectivity index (χ2n) is 10.4. The van der Waals surface area contributed by atoms with Crippen LogP contribution in [0.15, 0.2) is 87.8 Å². The van der Waals surface area contributed by atoms with Gasteiger partial charge in [-0.05, 0) is 59.9 Å². The lowest BCUT2D eigenvalue weighted by Gasteiger charge is -2.25. The van der Waals surface area contributed by atoms with Gasteiger partial charge in [0, 0.05) is 0 Å². The number of rotatable bonds is 9. The summed E-state index contributed by atoms with van der Waals surface area (Å²) in [6.45, 7) is 6.27. The predicted molar refractivity (Wildman–Crippen MR) is 170 cm³/mol. The summed E-state index contributed by atoms with van der Waals surface area (Å²) in [5.41, 5.74) is 2.84. The first-order valence-electron chi connectivity index (χ1n) is 13.7. The van der Waals surface area contributed by atoms with Crippen molar-refractivity contribution < 1.29 is 19.0 Å². The van der Waals surface area contributed by atoms with Gasteiger partial charge in [-0.15, -0.1) is 0 Å². The van der Waals surface area contributed by atoms with E-state index in [4.69, 9.17) is 37.4 Å². The summed E-state index contributed by atoms with van der Waals surface area (Å²) in [4.78, 5) is 32.6. The predicted octanol–water partition coefficient (Wildman–Crippen LogP) is 6.33. The maximum Gasteiger partial charge on any atom is 0.338 e. The molecule has 0 radical (unpaired) electrons. The van der Waals surface area contributed by atoms with E-state index < -0.39 is 12.0 Å². The summed E-state index contributed by atoms with van der Waals surface area (Å²) in [7, 11) is 1.55. The van der Waals surface area contributed by atoms with Gasteiger partial charge in [0.25, 0.3) is 5.56 Å².